The van der Waals surface area contributed by atoms with E-state index in [1.54, 1.807) is 9.80 Å². The monoisotopic (exact) mass is 405 g/mol. The second kappa shape index (κ2) is 8.41. The zero-order valence-corrected chi connectivity index (χ0v) is 16.8. The quantitative estimate of drug-likeness (QED) is 0.773. The molecule has 1 saturated heterocycles. The summed E-state index contributed by atoms with van der Waals surface area (Å²) < 4.78 is 4.73. The summed E-state index contributed by atoms with van der Waals surface area (Å²) in [5.74, 6) is -0.488. The molecule has 0 unspecified atom stereocenters. The summed E-state index contributed by atoms with van der Waals surface area (Å²) in [4.78, 5) is 40.1. The summed E-state index contributed by atoms with van der Waals surface area (Å²) in [6.45, 7) is 1.11. The number of amides is 2. The molecule has 4 rings (SSSR count). The molecule has 7 heteroatoms. The molecular weight excluding hydrogens is 382 g/mol. The van der Waals surface area contributed by atoms with Crippen molar-refractivity contribution in [2.24, 2.45) is 0 Å². The molecule has 2 aliphatic heterocycles. The van der Waals surface area contributed by atoms with Crippen molar-refractivity contribution < 1.29 is 19.1 Å². The first kappa shape index (κ1) is 19.7. The fraction of sp³-hybridized carbons (Fsp3) is 0.261. The number of benzene rings is 2. The zero-order valence-electron chi connectivity index (χ0n) is 16.8. The molecule has 0 bridgehead atoms. The second-order valence-corrected chi connectivity index (χ2v) is 7.30. The minimum absolute atomic E-state index is 0.0109. The number of methoxy groups -OCH3 is 1. The lowest BCUT2D eigenvalue weighted by Crippen LogP contribution is -2.28. The summed E-state index contributed by atoms with van der Waals surface area (Å²) in [6.07, 6.45) is 2.90. The Morgan fingerprint density at radius 2 is 1.87 bits per heavy atom. The minimum atomic E-state index is -0.417. The molecule has 0 aromatic heterocycles. The Labute approximate surface area is 174 Å². The van der Waals surface area contributed by atoms with Gasteiger partial charge in [-0.25, -0.2) is 0 Å². The smallest absolute Gasteiger partial charge is 0.311 e. The number of carbonyl (C=O) groups is 3. The maximum atomic E-state index is 13.0. The molecule has 2 heterocycles. The molecule has 2 amide bonds. The second-order valence-electron chi connectivity index (χ2n) is 7.30. The van der Waals surface area contributed by atoms with Crippen LogP contribution in [-0.4, -0.2) is 31.4 Å². The summed E-state index contributed by atoms with van der Waals surface area (Å²) in [7, 11) is 1.32. The number of nitrogens with zero attached hydrogens (tertiary/aromatic N) is 2. The molecule has 2 aromatic rings. The van der Waals surface area contributed by atoms with Crippen molar-refractivity contribution >= 4 is 34.8 Å². The van der Waals surface area contributed by atoms with E-state index in [2.05, 4.69) is 5.32 Å². The molecule has 154 valence electrons. The van der Waals surface area contributed by atoms with E-state index in [-0.39, 0.29) is 18.2 Å². The summed E-state index contributed by atoms with van der Waals surface area (Å²) in [6, 6.07) is 15.2. The molecule has 0 spiro atoms. The van der Waals surface area contributed by atoms with Gasteiger partial charge in [0.1, 0.15) is 0 Å². The lowest BCUT2D eigenvalue weighted by atomic mass is 10.1. The van der Waals surface area contributed by atoms with Gasteiger partial charge in [0.05, 0.1) is 31.5 Å². The van der Waals surface area contributed by atoms with Crippen LogP contribution in [-0.2, 0) is 25.7 Å². The minimum Gasteiger partial charge on any atom is -0.469 e. The number of anilines is 3. The van der Waals surface area contributed by atoms with E-state index in [9.17, 15) is 14.4 Å². The van der Waals surface area contributed by atoms with Crippen molar-refractivity contribution in [3.05, 3.63) is 65.9 Å². The highest BCUT2D eigenvalue weighted by Crippen LogP contribution is 2.32. The van der Waals surface area contributed by atoms with Gasteiger partial charge in [-0.2, -0.15) is 0 Å². The first-order valence-electron chi connectivity index (χ1n) is 9.89. The maximum absolute atomic E-state index is 13.0. The van der Waals surface area contributed by atoms with Crippen LogP contribution in [0.25, 0.3) is 0 Å². The van der Waals surface area contributed by atoms with Gasteiger partial charge < -0.3 is 19.9 Å². The number of nitrogens with one attached hydrogen (secondary N) is 1. The van der Waals surface area contributed by atoms with E-state index >= 15 is 0 Å². The predicted octanol–water partition coefficient (Wildman–Crippen LogP) is 3.22. The number of hydrogen-bond acceptors (Lipinski definition) is 5. The number of carbonyl (C=O) groups excluding carboxylic acids is 3. The molecule has 0 atom stereocenters. The van der Waals surface area contributed by atoms with Gasteiger partial charge >= 0.3 is 5.97 Å². The molecule has 0 aliphatic carbocycles. The summed E-state index contributed by atoms with van der Waals surface area (Å²) in [5, 5.41) is 3.18. The third-order valence-corrected chi connectivity index (χ3v) is 5.28. The van der Waals surface area contributed by atoms with Gasteiger partial charge in [-0.05, 0) is 36.2 Å². The maximum Gasteiger partial charge on any atom is 0.311 e. The molecule has 2 aromatic carbocycles. The van der Waals surface area contributed by atoms with Crippen LogP contribution < -0.4 is 15.1 Å². The van der Waals surface area contributed by atoms with Crippen molar-refractivity contribution in [2.45, 2.75) is 25.8 Å². The van der Waals surface area contributed by atoms with Crippen molar-refractivity contribution in [2.75, 3.05) is 28.8 Å². The van der Waals surface area contributed by atoms with Crippen LogP contribution >= 0.6 is 0 Å². The highest BCUT2D eigenvalue weighted by molar-refractivity contribution is 6.06. The van der Waals surface area contributed by atoms with Crippen LogP contribution in [0.3, 0.4) is 0 Å². The number of rotatable bonds is 5. The topological polar surface area (TPSA) is 79.0 Å². The Balaban J connectivity index is 1.59. The fourth-order valence-electron chi connectivity index (χ4n) is 3.74. The Hall–Kier alpha value is -3.61. The highest BCUT2D eigenvalue weighted by atomic mass is 16.5. The molecule has 1 N–H and O–H groups in total. The lowest BCUT2D eigenvalue weighted by molar-refractivity contribution is -0.139. The molecule has 2 aliphatic rings. The van der Waals surface area contributed by atoms with Gasteiger partial charge in [0.2, 0.25) is 5.91 Å². The van der Waals surface area contributed by atoms with Gasteiger partial charge in [-0.15, -0.1) is 0 Å². The highest BCUT2D eigenvalue weighted by Gasteiger charge is 2.24. The van der Waals surface area contributed by atoms with Crippen LogP contribution in [0, 0.1) is 0 Å². The molecule has 0 radical (unpaired) electrons. The van der Waals surface area contributed by atoms with Crippen molar-refractivity contribution in [3.63, 3.8) is 0 Å². The molecule has 0 saturated carbocycles. The first-order chi connectivity index (χ1) is 14.5. The predicted molar refractivity (Wildman–Crippen MR) is 114 cm³/mol. The third kappa shape index (κ3) is 4.05. The van der Waals surface area contributed by atoms with E-state index in [0.717, 1.165) is 35.6 Å². The van der Waals surface area contributed by atoms with E-state index in [1.807, 2.05) is 48.5 Å². The van der Waals surface area contributed by atoms with Gasteiger partial charge in [-0.3, -0.25) is 14.4 Å². The van der Waals surface area contributed by atoms with Gasteiger partial charge in [0.15, 0.2) is 0 Å². The largest absolute Gasteiger partial charge is 0.469 e. The van der Waals surface area contributed by atoms with Crippen molar-refractivity contribution in [1.82, 2.24) is 0 Å². The number of fused-ring (bicyclic) bond motifs is 1. The fourth-order valence-corrected chi connectivity index (χ4v) is 3.74. The number of ether oxygens (including phenoxy) is 1. The Kier molecular flexibility index (Phi) is 5.52. The lowest BCUT2D eigenvalue weighted by Gasteiger charge is -2.23. The van der Waals surface area contributed by atoms with Crippen LogP contribution in [0.2, 0.25) is 0 Å². The van der Waals surface area contributed by atoms with Crippen molar-refractivity contribution in [1.29, 1.82) is 0 Å². The average molecular weight is 405 g/mol. The molecule has 30 heavy (non-hydrogen) atoms. The number of esters is 1. The Bertz CT molecular complexity index is 1010. The van der Waals surface area contributed by atoms with Crippen LogP contribution in [0.1, 0.15) is 24.8 Å². The summed E-state index contributed by atoms with van der Waals surface area (Å²) >= 11 is 0. The normalized spacial score (nSPS) is 16.0. The zero-order chi connectivity index (χ0) is 21.1. The Morgan fingerprint density at radius 1 is 1.10 bits per heavy atom. The average Bonchev–Trinajstić information content (AvgIpc) is 3.13. The molecule has 7 nitrogen and oxygen atoms in total. The van der Waals surface area contributed by atoms with E-state index in [4.69, 9.17) is 4.74 Å². The standard InChI is InChI=1S/C23H23N3O4/c1-30-23(29)14-17-13-22(28)26(20-6-3-2-5-19(20)24-17)15-16-8-10-18(11-9-16)25-12-4-7-21(25)27/h2-3,5-6,8-11,13,24H,4,7,12,14-15H2,1H3. The van der Waals surface area contributed by atoms with Crippen molar-refractivity contribution in [3.8, 4) is 0 Å². The SMILES string of the molecule is COC(=O)CC1=CC(=O)N(Cc2ccc(N3CCCC3=O)cc2)c2ccccc2N1. The summed E-state index contributed by atoms with van der Waals surface area (Å²) in [5.41, 5.74) is 3.80. The van der Waals surface area contributed by atoms with Crippen LogP contribution in [0.15, 0.2) is 60.3 Å². The molecule has 1 fully saturated rings. The van der Waals surface area contributed by atoms with Gasteiger partial charge in [0, 0.05) is 30.4 Å². The van der Waals surface area contributed by atoms with E-state index in [0.29, 0.717) is 18.7 Å². The number of para-hydroxylation sites is 2. The number of hydrogen-bond donors (Lipinski definition) is 1. The van der Waals surface area contributed by atoms with E-state index < -0.39 is 5.97 Å². The van der Waals surface area contributed by atoms with E-state index in [1.165, 1.54) is 13.2 Å². The van der Waals surface area contributed by atoms with Crippen LogP contribution in [0.4, 0.5) is 17.1 Å². The first-order valence-corrected chi connectivity index (χ1v) is 9.89. The molecular formula is C23H23N3O4. The van der Waals surface area contributed by atoms with Gasteiger partial charge in [0.25, 0.3) is 5.91 Å². The van der Waals surface area contributed by atoms with Crippen LogP contribution in [0.5, 0.6) is 0 Å². The third-order valence-electron chi connectivity index (χ3n) is 5.28. The van der Waals surface area contributed by atoms with Gasteiger partial charge in [-0.1, -0.05) is 24.3 Å². The Morgan fingerprint density at radius 3 is 2.57 bits per heavy atom.